The molecule has 0 N–H and O–H groups in total. The Morgan fingerprint density at radius 3 is 0.969 bits per heavy atom. The molecule has 0 aromatic heterocycles. The fourth-order valence-corrected chi connectivity index (χ4v) is 4.12. The van der Waals surface area contributed by atoms with Gasteiger partial charge in [-0.15, -0.1) is 0 Å². The van der Waals surface area contributed by atoms with Crippen LogP contribution in [0.4, 0.5) is 0 Å². The number of hydrogen-bond donors (Lipinski definition) is 0. The van der Waals surface area contributed by atoms with Crippen LogP contribution in [0.3, 0.4) is 0 Å². The van der Waals surface area contributed by atoms with E-state index in [1.807, 2.05) is 0 Å². The summed E-state index contributed by atoms with van der Waals surface area (Å²) in [6.07, 6.45) is 15.1. The van der Waals surface area contributed by atoms with E-state index in [0.717, 1.165) is 0 Å². The summed E-state index contributed by atoms with van der Waals surface area (Å²) in [5.74, 6) is 0. The van der Waals surface area contributed by atoms with Crippen LogP contribution in [0.25, 0.3) is 0 Å². The van der Waals surface area contributed by atoms with Gasteiger partial charge in [0.1, 0.15) is 0 Å². The van der Waals surface area contributed by atoms with E-state index in [-0.39, 0.29) is 30.2 Å². The molecule has 0 nitrogen and oxygen atoms in total. The van der Waals surface area contributed by atoms with Crippen molar-refractivity contribution in [3.05, 3.63) is 47.9 Å². The van der Waals surface area contributed by atoms with Crippen molar-refractivity contribution in [1.82, 2.24) is 0 Å². The van der Waals surface area contributed by atoms with Gasteiger partial charge in [0.05, 0.1) is 0 Å². The van der Waals surface area contributed by atoms with Gasteiger partial charge in [-0.1, -0.05) is 90.7 Å². The predicted octanol–water partition coefficient (Wildman–Crippen LogP) is 3.03. The Balaban J connectivity index is -0.000000123. The summed E-state index contributed by atoms with van der Waals surface area (Å²) >= 11 is 1.74. The summed E-state index contributed by atoms with van der Waals surface area (Å²) in [6.45, 7) is 32.9. The molecule has 0 radical (unpaired) electrons. The number of rotatable bonds is 8. The zero-order chi connectivity index (χ0) is 24.6. The minimum Gasteiger partial charge on any atom is -1.00 e. The van der Waals surface area contributed by atoms with E-state index in [2.05, 4.69) is 140 Å². The van der Waals surface area contributed by atoms with Crippen molar-refractivity contribution in [3.8, 4) is 0 Å². The Morgan fingerprint density at radius 1 is 0.594 bits per heavy atom. The van der Waals surface area contributed by atoms with Gasteiger partial charge in [0, 0.05) is 16.1 Å². The van der Waals surface area contributed by atoms with E-state index in [1.165, 1.54) is 12.1 Å². The van der Waals surface area contributed by atoms with Crippen LogP contribution in [0, 0.1) is 12.2 Å². The second kappa shape index (κ2) is 21.8. The molecule has 0 aliphatic heterocycles. The number of hydrogen-bond acceptors (Lipinski definition) is 0. The molecule has 0 unspecified atom stereocenters. The van der Waals surface area contributed by atoms with Crippen molar-refractivity contribution in [1.29, 1.82) is 0 Å². The molecule has 0 atom stereocenters. The molecule has 0 aromatic rings. The third-order valence-corrected chi connectivity index (χ3v) is 8.21. The summed E-state index contributed by atoms with van der Waals surface area (Å²) in [4.78, 5) is 0. The van der Waals surface area contributed by atoms with Crippen LogP contribution in [0.5, 0.6) is 0 Å². The Hall–Kier alpha value is 1.51. The average Bonchev–Trinajstić information content (AvgIpc) is 2.41. The fourth-order valence-electron chi connectivity index (χ4n) is 1.46. The average molecular weight is 643 g/mol. The molecule has 0 rings (SSSR count). The Morgan fingerprint density at radius 2 is 0.812 bits per heavy atom. The fraction of sp³-hybridized carbons (Fsp3) is 0.667. The topological polar surface area (TPSA) is 0 Å². The van der Waals surface area contributed by atoms with Crippen molar-refractivity contribution in [2.24, 2.45) is 0 Å². The van der Waals surface area contributed by atoms with Gasteiger partial charge >= 0.3 is 41.9 Å². The predicted molar refractivity (Wildman–Crippen MR) is 154 cm³/mol. The van der Waals surface area contributed by atoms with E-state index in [4.69, 9.17) is 0 Å². The van der Waals surface area contributed by atoms with Crippen molar-refractivity contribution < 1.29 is 48.1 Å². The minimum atomic E-state index is -1.00. The Bertz CT molecular complexity index is 521. The Labute approximate surface area is 235 Å². The van der Waals surface area contributed by atoms with E-state index in [9.17, 15) is 0 Å². The summed E-state index contributed by atoms with van der Waals surface area (Å²) in [5.41, 5.74) is 4.86. The van der Waals surface area contributed by atoms with Crippen molar-refractivity contribution >= 4 is 37.7 Å². The van der Waals surface area contributed by atoms with Crippen molar-refractivity contribution in [3.63, 3.8) is 0 Å². The van der Waals surface area contributed by atoms with E-state index in [1.54, 1.807) is 23.3 Å². The van der Waals surface area contributed by atoms with Crippen LogP contribution in [0.1, 0.15) is 0 Å². The van der Waals surface area contributed by atoms with Gasteiger partial charge < -0.3 is 24.8 Å². The second-order valence-electron chi connectivity index (χ2n) is 12.7. The third kappa shape index (κ3) is 63.4. The molecule has 0 aromatic carbocycles. The zero-order valence-electron chi connectivity index (χ0n) is 23.6. The van der Waals surface area contributed by atoms with Crippen LogP contribution in [-0.2, 0) is 23.3 Å². The van der Waals surface area contributed by atoms with Crippen molar-refractivity contribution in [2.75, 3.05) is 0 Å². The minimum absolute atomic E-state index is 0. The monoisotopic (exact) mass is 640 g/mol. The molecule has 0 bridgehead atoms. The van der Waals surface area contributed by atoms with Gasteiger partial charge in [-0.05, 0) is 16.1 Å². The third-order valence-electron chi connectivity index (χ3n) is 3.02. The van der Waals surface area contributed by atoms with E-state index >= 15 is 0 Å². The second-order valence-corrected chi connectivity index (χ2v) is 43.2. The van der Waals surface area contributed by atoms with Gasteiger partial charge in [-0.3, -0.25) is 12.2 Å². The molecule has 0 saturated carbocycles. The number of halogens is 2. The SMILES string of the molecule is C[Si](C)(C)C=C[C-]=CC[Si](C)(C)C.C[Si](C)(C)C=C[C-]=CC[Si](C)(C)C.C[Si](C)=[Zr+2].[Cl-].[Cl-]. The first-order chi connectivity index (χ1) is 13.1. The normalized spacial score (nSPS) is 12.8. The molecular formula is C24H52Cl2Si5Zr-2. The van der Waals surface area contributed by atoms with Crippen LogP contribution < -0.4 is 24.8 Å². The summed E-state index contributed by atoms with van der Waals surface area (Å²) < 4.78 is 0. The maximum absolute atomic E-state index is 3.26. The van der Waals surface area contributed by atoms with Gasteiger partial charge in [0.25, 0.3) is 0 Å². The molecule has 0 aliphatic carbocycles. The largest absolute Gasteiger partial charge is 1.00 e. The van der Waals surface area contributed by atoms with Crippen molar-refractivity contribution in [2.45, 2.75) is 104 Å². The zero-order valence-corrected chi connectivity index (χ0v) is 32.6. The van der Waals surface area contributed by atoms with Gasteiger partial charge in [0.2, 0.25) is 0 Å². The van der Waals surface area contributed by atoms with Gasteiger partial charge in [0.15, 0.2) is 0 Å². The van der Waals surface area contributed by atoms with Gasteiger partial charge in [-0.25, -0.2) is 23.6 Å². The van der Waals surface area contributed by atoms with E-state index < -0.39 is 32.3 Å². The molecule has 0 saturated heterocycles. The summed E-state index contributed by atoms with van der Waals surface area (Å²) in [7, 11) is -3.80. The Kier molecular flexibility index (Phi) is 29.6. The van der Waals surface area contributed by atoms with E-state index in [0.29, 0.717) is 0 Å². The molecule has 0 fully saturated rings. The number of allylic oxidation sites excluding steroid dienone is 6. The molecule has 0 spiro atoms. The standard InChI is InChI=1S/2C11H23Si2.C2H6Si.2ClH.Zr/c2*1-12(2,3)10-8-7-9-11-13(4,5)6;1-3-2;;;/h2*8-10H,11H2,1-6H3;1-2H3;2*1H;/q2*-1;;;;+2/p-2. The summed E-state index contributed by atoms with van der Waals surface area (Å²) in [5, 5.41) is 0. The molecule has 8 heteroatoms. The van der Waals surface area contributed by atoms with Crippen LogP contribution >= 0.6 is 0 Å². The maximum atomic E-state index is 3.26. The van der Waals surface area contributed by atoms with Crippen LogP contribution in [0.2, 0.25) is 104 Å². The van der Waals surface area contributed by atoms with Gasteiger partial charge in [-0.2, -0.15) is 12.2 Å². The molecular weight excluding hydrogens is 591 g/mol. The quantitative estimate of drug-likeness (QED) is 0.217. The maximum Gasteiger partial charge on any atom is -1.00 e. The molecule has 188 valence electrons. The molecule has 0 amide bonds. The molecule has 0 heterocycles. The van der Waals surface area contributed by atoms with Crippen LogP contribution in [0.15, 0.2) is 35.7 Å². The first-order valence-corrected chi connectivity index (χ1v) is 31.9. The summed E-state index contributed by atoms with van der Waals surface area (Å²) in [6, 6.07) is 2.48. The smallest absolute Gasteiger partial charge is 1.00 e. The molecule has 0 aliphatic rings. The first kappa shape index (κ1) is 43.6. The first-order valence-electron chi connectivity index (χ1n) is 11.2. The molecule has 32 heavy (non-hydrogen) atoms. The van der Waals surface area contributed by atoms with Crippen LogP contribution in [-0.4, -0.2) is 37.7 Å².